The maximum atomic E-state index is 13.0. The predicted molar refractivity (Wildman–Crippen MR) is 126 cm³/mol. The minimum atomic E-state index is -4.60. The summed E-state index contributed by atoms with van der Waals surface area (Å²) in [6.45, 7) is 6.16. The van der Waals surface area contributed by atoms with Gasteiger partial charge in [-0.3, -0.25) is 19.4 Å². The lowest BCUT2D eigenvalue weighted by Crippen LogP contribution is -2.55. The molecular formula is C24H28ClF3N4O2. The van der Waals surface area contributed by atoms with E-state index in [0.717, 1.165) is 17.7 Å². The quantitative estimate of drug-likeness (QED) is 0.603. The summed E-state index contributed by atoms with van der Waals surface area (Å²) in [6.07, 6.45) is -4.60. The van der Waals surface area contributed by atoms with Crippen LogP contribution in [0.3, 0.4) is 0 Å². The third kappa shape index (κ3) is 6.94. The van der Waals surface area contributed by atoms with Crippen molar-refractivity contribution in [3.05, 3.63) is 64.7 Å². The monoisotopic (exact) mass is 496 g/mol. The van der Waals surface area contributed by atoms with E-state index in [9.17, 15) is 22.8 Å². The van der Waals surface area contributed by atoms with Gasteiger partial charge in [0.15, 0.2) is 0 Å². The summed E-state index contributed by atoms with van der Waals surface area (Å²) in [5, 5.41) is 5.12. The van der Waals surface area contributed by atoms with Crippen LogP contribution in [0.25, 0.3) is 0 Å². The average Bonchev–Trinajstić information content (AvgIpc) is 2.80. The molecule has 0 aliphatic carbocycles. The Morgan fingerprint density at radius 1 is 1.03 bits per heavy atom. The zero-order chi connectivity index (χ0) is 24.9. The van der Waals surface area contributed by atoms with E-state index in [-0.39, 0.29) is 30.2 Å². The molecule has 184 valence electrons. The number of nitrogens with one attached hydrogen (secondary N) is 2. The standard InChI is InChI=1S/C24H28ClF3N4O2/c1-16(18-6-4-3-5-7-18)29-23(34)17(2)32-12-10-31(11-13-32)15-22(33)30-19-8-9-21(25)20(14-19)24(26,27)28/h3-9,14,16-17H,10-13,15H2,1-2H3,(H,29,34)(H,30,33). The Kier molecular flexibility index (Phi) is 8.57. The summed E-state index contributed by atoms with van der Waals surface area (Å²) in [7, 11) is 0. The van der Waals surface area contributed by atoms with Crippen LogP contribution in [0.1, 0.15) is 31.0 Å². The Morgan fingerprint density at radius 2 is 1.68 bits per heavy atom. The van der Waals surface area contributed by atoms with Gasteiger partial charge in [-0.05, 0) is 37.6 Å². The van der Waals surface area contributed by atoms with E-state index >= 15 is 0 Å². The number of nitrogens with zero attached hydrogens (tertiary/aromatic N) is 2. The molecule has 1 aliphatic heterocycles. The van der Waals surface area contributed by atoms with Gasteiger partial charge in [0.25, 0.3) is 0 Å². The van der Waals surface area contributed by atoms with Crippen molar-refractivity contribution in [1.29, 1.82) is 0 Å². The zero-order valence-corrected chi connectivity index (χ0v) is 19.8. The van der Waals surface area contributed by atoms with Crippen LogP contribution in [0.2, 0.25) is 5.02 Å². The van der Waals surface area contributed by atoms with Crippen molar-refractivity contribution in [3.8, 4) is 0 Å². The summed E-state index contributed by atoms with van der Waals surface area (Å²) in [6, 6.07) is 12.6. The van der Waals surface area contributed by atoms with E-state index in [1.807, 2.05) is 49.1 Å². The maximum absolute atomic E-state index is 13.0. The Morgan fingerprint density at radius 3 is 2.29 bits per heavy atom. The van der Waals surface area contributed by atoms with Gasteiger partial charge >= 0.3 is 6.18 Å². The van der Waals surface area contributed by atoms with Crippen molar-refractivity contribution in [3.63, 3.8) is 0 Å². The Balaban J connectivity index is 1.46. The van der Waals surface area contributed by atoms with E-state index in [2.05, 4.69) is 15.5 Å². The number of hydrogen-bond acceptors (Lipinski definition) is 4. The molecule has 0 radical (unpaired) electrons. The summed E-state index contributed by atoms with van der Waals surface area (Å²) in [4.78, 5) is 29.0. The highest BCUT2D eigenvalue weighted by molar-refractivity contribution is 6.31. The van der Waals surface area contributed by atoms with Crippen LogP contribution in [0.5, 0.6) is 0 Å². The van der Waals surface area contributed by atoms with Crippen LogP contribution in [-0.4, -0.2) is 60.4 Å². The highest BCUT2D eigenvalue weighted by Crippen LogP contribution is 2.36. The van der Waals surface area contributed by atoms with Gasteiger partial charge in [0.2, 0.25) is 11.8 Å². The number of hydrogen-bond donors (Lipinski definition) is 2. The van der Waals surface area contributed by atoms with Crippen LogP contribution >= 0.6 is 11.6 Å². The molecule has 2 unspecified atom stereocenters. The van der Waals surface area contributed by atoms with Crippen molar-refractivity contribution < 1.29 is 22.8 Å². The first kappa shape index (κ1) is 26.0. The molecule has 1 heterocycles. The van der Waals surface area contributed by atoms with Crippen molar-refractivity contribution >= 4 is 29.1 Å². The number of benzene rings is 2. The molecule has 2 amide bonds. The van der Waals surface area contributed by atoms with E-state index in [4.69, 9.17) is 11.6 Å². The molecule has 1 aliphatic rings. The number of halogens is 4. The molecule has 1 saturated heterocycles. The van der Waals surface area contributed by atoms with Crippen LogP contribution in [0, 0.1) is 0 Å². The van der Waals surface area contributed by atoms with Gasteiger partial charge in [-0.1, -0.05) is 41.9 Å². The number of anilines is 1. The number of alkyl halides is 3. The Bertz CT molecular complexity index is 995. The third-order valence-electron chi connectivity index (χ3n) is 5.92. The second kappa shape index (κ2) is 11.2. The normalized spacial score (nSPS) is 17.1. The van der Waals surface area contributed by atoms with Crippen LogP contribution < -0.4 is 10.6 Å². The SMILES string of the molecule is CC(NC(=O)C(C)N1CCN(CC(=O)Nc2ccc(Cl)c(C(F)(F)F)c2)CC1)c1ccccc1. The first-order valence-corrected chi connectivity index (χ1v) is 11.4. The van der Waals surface area contributed by atoms with Crippen LogP contribution in [0.4, 0.5) is 18.9 Å². The predicted octanol–water partition coefficient (Wildman–Crippen LogP) is 4.18. The fraction of sp³-hybridized carbons (Fsp3) is 0.417. The van der Waals surface area contributed by atoms with E-state index in [1.54, 1.807) is 0 Å². The molecule has 10 heteroatoms. The van der Waals surface area contributed by atoms with Gasteiger partial charge in [0.05, 0.1) is 29.2 Å². The molecule has 2 aromatic rings. The van der Waals surface area contributed by atoms with Crippen molar-refractivity contribution in [1.82, 2.24) is 15.1 Å². The van der Waals surface area contributed by atoms with E-state index in [0.29, 0.717) is 26.2 Å². The van der Waals surface area contributed by atoms with Crippen LogP contribution in [0.15, 0.2) is 48.5 Å². The number of piperazine rings is 1. The molecule has 0 saturated carbocycles. The first-order valence-electron chi connectivity index (χ1n) is 11.0. The van der Waals surface area contributed by atoms with Gasteiger partial charge < -0.3 is 10.6 Å². The molecule has 0 aromatic heterocycles. The van der Waals surface area contributed by atoms with Gasteiger partial charge in [0.1, 0.15) is 0 Å². The van der Waals surface area contributed by atoms with E-state index < -0.39 is 22.7 Å². The molecule has 0 spiro atoms. The number of carbonyl (C=O) groups is 2. The maximum Gasteiger partial charge on any atom is 0.417 e. The molecule has 2 aromatic carbocycles. The largest absolute Gasteiger partial charge is 0.417 e. The fourth-order valence-electron chi connectivity index (χ4n) is 3.86. The third-order valence-corrected chi connectivity index (χ3v) is 6.24. The smallest absolute Gasteiger partial charge is 0.348 e. The Hall–Kier alpha value is -2.62. The van der Waals surface area contributed by atoms with Gasteiger partial charge in [-0.25, -0.2) is 0 Å². The summed E-state index contributed by atoms with van der Waals surface area (Å²) in [5.41, 5.74) is 0.0783. The van der Waals surface area contributed by atoms with Crippen molar-refractivity contribution in [2.45, 2.75) is 32.1 Å². The summed E-state index contributed by atoms with van der Waals surface area (Å²) >= 11 is 5.62. The molecule has 3 rings (SSSR count). The molecule has 0 bridgehead atoms. The lowest BCUT2D eigenvalue weighted by molar-refractivity contribution is -0.137. The molecule has 2 atom stereocenters. The highest BCUT2D eigenvalue weighted by atomic mass is 35.5. The minimum Gasteiger partial charge on any atom is -0.348 e. The number of amides is 2. The fourth-order valence-corrected chi connectivity index (χ4v) is 4.08. The van der Waals surface area contributed by atoms with Crippen LogP contribution in [-0.2, 0) is 15.8 Å². The lowest BCUT2D eigenvalue weighted by Gasteiger charge is -2.37. The number of carbonyl (C=O) groups excluding carboxylic acids is 2. The van der Waals surface area contributed by atoms with Crippen molar-refractivity contribution in [2.75, 3.05) is 38.0 Å². The molecule has 2 N–H and O–H groups in total. The summed E-state index contributed by atoms with van der Waals surface area (Å²) in [5.74, 6) is -0.475. The molecule has 1 fully saturated rings. The molecule has 34 heavy (non-hydrogen) atoms. The number of rotatable bonds is 7. The van der Waals surface area contributed by atoms with Gasteiger partial charge in [0, 0.05) is 31.9 Å². The topological polar surface area (TPSA) is 64.7 Å². The lowest BCUT2D eigenvalue weighted by atomic mass is 10.1. The molecular weight excluding hydrogens is 469 g/mol. The zero-order valence-electron chi connectivity index (χ0n) is 19.0. The highest BCUT2D eigenvalue weighted by Gasteiger charge is 2.33. The Labute approximate surface area is 202 Å². The first-order chi connectivity index (χ1) is 16.0. The van der Waals surface area contributed by atoms with E-state index in [1.165, 1.54) is 6.07 Å². The molecule has 6 nitrogen and oxygen atoms in total. The van der Waals surface area contributed by atoms with Crippen molar-refractivity contribution in [2.24, 2.45) is 0 Å². The summed E-state index contributed by atoms with van der Waals surface area (Å²) < 4.78 is 39.0. The second-order valence-electron chi connectivity index (χ2n) is 8.37. The minimum absolute atomic E-state index is 0.0400. The average molecular weight is 497 g/mol. The van der Waals surface area contributed by atoms with Gasteiger partial charge in [-0.2, -0.15) is 13.2 Å². The second-order valence-corrected chi connectivity index (χ2v) is 8.78. The van der Waals surface area contributed by atoms with Gasteiger partial charge in [-0.15, -0.1) is 0 Å².